The van der Waals surface area contributed by atoms with Crippen LogP contribution in [0.3, 0.4) is 0 Å². The first-order chi connectivity index (χ1) is 12.2. The quantitative estimate of drug-likeness (QED) is 0.697. The van der Waals surface area contributed by atoms with Gasteiger partial charge in [-0.3, -0.25) is 0 Å². The molecule has 0 saturated carbocycles. The van der Waals surface area contributed by atoms with Gasteiger partial charge in [-0.05, 0) is 18.2 Å². The highest BCUT2D eigenvalue weighted by Crippen LogP contribution is 2.30. The van der Waals surface area contributed by atoms with Crippen molar-refractivity contribution in [2.75, 3.05) is 12.4 Å². The first-order valence-electron chi connectivity index (χ1n) is 7.45. The lowest BCUT2D eigenvalue weighted by molar-refractivity contribution is 0.300. The van der Waals surface area contributed by atoms with E-state index in [4.69, 9.17) is 21.1 Å². The van der Waals surface area contributed by atoms with Crippen LogP contribution in [0.5, 0.6) is 11.6 Å². The second-order valence-corrected chi connectivity index (χ2v) is 5.48. The van der Waals surface area contributed by atoms with E-state index in [2.05, 4.69) is 15.3 Å². The summed E-state index contributed by atoms with van der Waals surface area (Å²) in [4.78, 5) is 8.29. The number of nitrogens with one attached hydrogen (secondary N) is 1. The molecule has 2 aromatic carbocycles. The molecule has 0 aliphatic rings. The number of nitrogens with zero attached hydrogens (tertiary/aromatic N) is 2. The first-order valence-corrected chi connectivity index (χ1v) is 7.83. The van der Waals surface area contributed by atoms with Crippen LogP contribution in [0.2, 0.25) is 5.02 Å². The van der Waals surface area contributed by atoms with Crippen LogP contribution in [-0.4, -0.2) is 17.1 Å². The summed E-state index contributed by atoms with van der Waals surface area (Å²) < 4.78 is 24.4. The molecule has 3 rings (SSSR count). The number of hydrogen-bond donors (Lipinski definition) is 1. The Hall–Kier alpha value is -2.86. The van der Waals surface area contributed by atoms with Crippen molar-refractivity contribution in [3.05, 3.63) is 71.1 Å². The molecule has 5 nitrogen and oxygen atoms in total. The second kappa shape index (κ2) is 7.81. The van der Waals surface area contributed by atoms with E-state index >= 15 is 0 Å². The van der Waals surface area contributed by atoms with E-state index in [-0.39, 0.29) is 12.4 Å². The first kappa shape index (κ1) is 17.0. The molecule has 0 spiro atoms. The smallest absolute Gasteiger partial charge is 0.230 e. The molecule has 0 saturated heterocycles. The Morgan fingerprint density at radius 2 is 2.00 bits per heavy atom. The third-order valence-electron chi connectivity index (χ3n) is 3.37. The summed E-state index contributed by atoms with van der Waals surface area (Å²) in [6.07, 6.45) is 1.58. The molecule has 0 radical (unpaired) electrons. The number of benzene rings is 2. The van der Waals surface area contributed by atoms with Crippen molar-refractivity contribution in [2.24, 2.45) is 0 Å². The normalized spacial score (nSPS) is 10.4. The molecule has 1 N–H and O–H groups in total. The van der Waals surface area contributed by atoms with Crippen molar-refractivity contribution < 1.29 is 13.9 Å². The molecule has 1 aromatic heterocycles. The molecule has 25 heavy (non-hydrogen) atoms. The Kier molecular flexibility index (Phi) is 5.30. The van der Waals surface area contributed by atoms with Crippen LogP contribution in [0.25, 0.3) is 0 Å². The van der Waals surface area contributed by atoms with Gasteiger partial charge in [-0.1, -0.05) is 29.8 Å². The average molecular weight is 360 g/mol. The SMILES string of the molecule is COc1ccnc(Nc2ccc(Cl)c(OCc3ccccc3F)c2)n1. The molecule has 128 valence electrons. The van der Waals surface area contributed by atoms with Crippen LogP contribution >= 0.6 is 11.6 Å². The van der Waals surface area contributed by atoms with Gasteiger partial charge in [-0.15, -0.1) is 0 Å². The minimum Gasteiger partial charge on any atom is -0.487 e. The van der Waals surface area contributed by atoms with Crippen LogP contribution in [0.4, 0.5) is 16.0 Å². The van der Waals surface area contributed by atoms with Crippen molar-refractivity contribution in [3.8, 4) is 11.6 Å². The number of methoxy groups -OCH3 is 1. The molecular weight excluding hydrogens is 345 g/mol. The largest absolute Gasteiger partial charge is 0.487 e. The Bertz CT molecular complexity index is 876. The van der Waals surface area contributed by atoms with E-state index < -0.39 is 0 Å². The lowest BCUT2D eigenvalue weighted by Gasteiger charge is -2.11. The van der Waals surface area contributed by atoms with Gasteiger partial charge in [0.15, 0.2) is 0 Å². The third kappa shape index (κ3) is 4.36. The van der Waals surface area contributed by atoms with Gasteiger partial charge in [0.2, 0.25) is 11.8 Å². The Labute approximate surface area is 149 Å². The van der Waals surface area contributed by atoms with Crippen LogP contribution in [0.1, 0.15) is 5.56 Å². The zero-order chi connectivity index (χ0) is 17.6. The fraction of sp³-hybridized carbons (Fsp3) is 0.111. The van der Waals surface area contributed by atoms with Gasteiger partial charge >= 0.3 is 0 Å². The zero-order valence-electron chi connectivity index (χ0n) is 13.4. The average Bonchev–Trinajstić information content (AvgIpc) is 2.63. The highest BCUT2D eigenvalue weighted by molar-refractivity contribution is 6.32. The van der Waals surface area contributed by atoms with Gasteiger partial charge in [-0.25, -0.2) is 9.37 Å². The fourth-order valence-corrected chi connectivity index (χ4v) is 2.28. The molecule has 0 aliphatic carbocycles. The molecule has 0 fully saturated rings. The molecule has 0 bridgehead atoms. The van der Waals surface area contributed by atoms with Crippen molar-refractivity contribution in [3.63, 3.8) is 0 Å². The number of rotatable bonds is 6. The van der Waals surface area contributed by atoms with Crippen molar-refractivity contribution in [1.82, 2.24) is 9.97 Å². The van der Waals surface area contributed by atoms with Gasteiger partial charge in [0.1, 0.15) is 18.2 Å². The van der Waals surface area contributed by atoms with E-state index in [0.29, 0.717) is 33.9 Å². The monoisotopic (exact) mass is 359 g/mol. The van der Waals surface area contributed by atoms with Crippen LogP contribution in [-0.2, 0) is 6.61 Å². The van der Waals surface area contributed by atoms with Crippen molar-refractivity contribution in [1.29, 1.82) is 0 Å². The maximum atomic E-state index is 13.7. The predicted octanol–water partition coefficient (Wildman–Crippen LogP) is 4.60. The van der Waals surface area contributed by atoms with Gasteiger partial charge < -0.3 is 14.8 Å². The van der Waals surface area contributed by atoms with Gasteiger partial charge in [0, 0.05) is 29.6 Å². The number of halogens is 2. The summed E-state index contributed by atoms with van der Waals surface area (Å²) in [5, 5.41) is 3.47. The number of ether oxygens (including phenoxy) is 2. The number of anilines is 2. The molecule has 0 unspecified atom stereocenters. The summed E-state index contributed by atoms with van der Waals surface area (Å²) in [6.45, 7) is 0.0749. The fourth-order valence-electron chi connectivity index (χ4n) is 2.11. The minimum atomic E-state index is -0.322. The van der Waals surface area contributed by atoms with Gasteiger partial charge in [0.05, 0.1) is 12.1 Å². The Morgan fingerprint density at radius 1 is 1.16 bits per heavy atom. The van der Waals surface area contributed by atoms with Crippen LogP contribution in [0.15, 0.2) is 54.7 Å². The van der Waals surface area contributed by atoms with Crippen LogP contribution in [0, 0.1) is 5.82 Å². The highest BCUT2D eigenvalue weighted by Gasteiger charge is 2.08. The Morgan fingerprint density at radius 3 is 2.80 bits per heavy atom. The van der Waals surface area contributed by atoms with Crippen molar-refractivity contribution in [2.45, 2.75) is 6.61 Å². The summed E-state index contributed by atoms with van der Waals surface area (Å²) in [5.74, 6) is 0.930. The molecule has 0 amide bonds. The number of aromatic nitrogens is 2. The van der Waals surface area contributed by atoms with E-state index in [1.807, 2.05) is 0 Å². The summed E-state index contributed by atoms with van der Waals surface area (Å²) >= 11 is 6.16. The predicted molar refractivity (Wildman–Crippen MR) is 94.1 cm³/mol. The topological polar surface area (TPSA) is 56.3 Å². The van der Waals surface area contributed by atoms with Gasteiger partial charge in [-0.2, -0.15) is 4.98 Å². The molecule has 7 heteroatoms. The molecular formula is C18H15ClFN3O2. The maximum absolute atomic E-state index is 13.7. The van der Waals surface area contributed by atoms with Crippen molar-refractivity contribution >= 4 is 23.2 Å². The lowest BCUT2D eigenvalue weighted by atomic mass is 10.2. The maximum Gasteiger partial charge on any atom is 0.230 e. The third-order valence-corrected chi connectivity index (χ3v) is 3.68. The molecule has 3 aromatic rings. The summed E-state index contributed by atoms with van der Waals surface area (Å²) in [7, 11) is 1.53. The van der Waals surface area contributed by atoms with Crippen LogP contribution < -0.4 is 14.8 Å². The standard InChI is InChI=1S/C18H15ClFN3O2/c1-24-17-8-9-21-18(23-17)22-13-6-7-14(19)16(10-13)25-11-12-4-2-3-5-15(12)20/h2-10H,11H2,1H3,(H,21,22,23). The zero-order valence-corrected chi connectivity index (χ0v) is 14.1. The van der Waals surface area contributed by atoms with E-state index in [9.17, 15) is 4.39 Å². The van der Waals surface area contributed by atoms with Gasteiger partial charge in [0.25, 0.3) is 0 Å². The minimum absolute atomic E-state index is 0.0749. The summed E-state index contributed by atoms with van der Waals surface area (Å²) in [6, 6.07) is 13.2. The lowest BCUT2D eigenvalue weighted by Crippen LogP contribution is -2.01. The molecule has 1 heterocycles. The van der Waals surface area contributed by atoms with E-state index in [0.717, 1.165) is 0 Å². The summed E-state index contributed by atoms with van der Waals surface area (Å²) in [5.41, 5.74) is 1.13. The Balaban J connectivity index is 1.75. The van der Waals surface area contributed by atoms with E-state index in [1.165, 1.54) is 13.2 Å². The number of hydrogen-bond acceptors (Lipinski definition) is 5. The molecule has 0 atom stereocenters. The van der Waals surface area contributed by atoms with E-state index in [1.54, 1.807) is 48.7 Å². The molecule has 0 aliphatic heterocycles. The highest BCUT2D eigenvalue weighted by atomic mass is 35.5. The second-order valence-electron chi connectivity index (χ2n) is 5.07.